The van der Waals surface area contributed by atoms with E-state index in [0.717, 1.165) is 36.0 Å². The highest BCUT2D eigenvalue weighted by molar-refractivity contribution is 9.09. The zero-order valence-electron chi connectivity index (χ0n) is 18.9. The molecule has 162 valence electrons. The zero-order valence-corrected chi connectivity index (χ0v) is 20.5. The largest absolute Gasteiger partial charge is 0.103 e. The highest BCUT2D eigenvalue weighted by atomic mass is 79.9. The Morgan fingerprint density at radius 1 is 0.929 bits per heavy atom. The third-order valence-corrected chi connectivity index (χ3v) is 10.1. The zero-order chi connectivity index (χ0) is 20.0. The molecule has 3 saturated carbocycles. The van der Waals surface area contributed by atoms with Crippen molar-refractivity contribution in [3.63, 3.8) is 0 Å². The minimum Gasteiger partial charge on any atom is -0.103 e. The Morgan fingerprint density at radius 2 is 1.54 bits per heavy atom. The van der Waals surface area contributed by atoms with Gasteiger partial charge < -0.3 is 0 Å². The molecule has 0 aliphatic heterocycles. The summed E-state index contributed by atoms with van der Waals surface area (Å²) in [5.41, 5.74) is 0.682. The molecule has 0 N–H and O–H groups in total. The van der Waals surface area contributed by atoms with Gasteiger partial charge in [0.15, 0.2) is 0 Å². The Kier molecular flexibility index (Phi) is 9.01. The molecule has 3 fully saturated rings. The number of alkyl halides is 1. The van der Waals surface area contributed by atoms with E-state index in [1.807, 2.05) is 0 Å². The Balaban J connectivity index is 1.87. The molecule has 0 heterocycles. The fraction of sp³-hybridized carbons (Fsp3) is 0.926. The van der Waals surface area contributed by atoms with Crippen molar-refractivity contribution in [3.05, 3.63) is 12.7 Å². The van der Waals surface area contributed by atoms with Crippen LogP contribution in [0.5, 0.6) is 0 Å². The highest BCUT2D eigenvalue weighted by Crippen LogP contribution is 2.68. The molecule has 0 aromatic carbocycles. The van der Waals surface area contributed by atoms with Crippen LogP contribution in [-0.2, 0) is 0 Å². The van der Waals surface area contributed by atoms with Crippen LogP contribution in [0.25, 0.3) is 0 Å². The second-order valence-corrected chi connectivity index (χ2v) is 11.8. The van der Waals surface area contributed by atoms with E-state index in [0.29, 0.717) is 10.2 Å². The summed E-state index contributed by atoms with van der Waals surface area (Å²) in [5.74, 6) is 5.28. The van der Waals surface area contributed by atoms with Crippen molar-refractivity contribution in [1.29, 1.82) is 0 Å². The molecule has 0 bridgehead atoms. The average molecular weight is 452 g/mol. The molecule has 0 aromatic heterocycles. The topological polar surface area (TPSA) is 0 Å². The van der Waals surface area contributed by atoms with Crippen molar-refractivity contribution >= 4 is 15.9 Å². The molecule has 0 aromatic rings. The van der Waals surface area contributed by atoms with Gasteiger partial charge in [0.1, 0.15) is 0 Å². The van der Waals surface area contributed by atoms with Crippen LogP contribution in [0.1, 0.15) is 117 Å². The predicted molar refractivity (Wildman–Crippen MR) is 128 cm³/mol. The summed E-state index contributed by atoms with van der Waals surface area (Å²) >= 11 is 3.93. The number of allylic oxidation sites excluding steroid dienone is 1. The monoisotopic (exact) mass is 450 g/mol. The van der Waals surface area contributed by atoms with Gasteiger partial charge in [-0.15, -0.1) is 6.58 Å². The van der Waals surface area contributed by atoms with Crippen LogP contribution in [0.15, 0.2) is 12.7 Å². The van der Waals surface area contributed by atoms with Gasteiger partial charge in [-0.05, 0) is 86.4 Å². The molecule has 3 aliphatic rings. The number of rotatable bonds is 11. The molecule has 0 saturated heterocycles. The van der Waals surface area contributed by atoms with Crippen LogP contribution in [0, 0.1) is 35.0 Å². The summed E-state index contributed by atoms with van der Waals surface area (Å²) in [4.78, 5) is 0.642. The Hall–Kier alpha value is 0.220. The average Bonchev–Trinajstić information content (AvgIpc) is 3.00. The van der Waals surface area contributed by atoms with Gasteiger partial charge in [-0.25, -0.2) is 0 Å². The van der Waals surface area contributed by atoms with Crippen molar-refractivity contribution in [3.8, 4) is 0 Å². The Labute approximate surface area is 184 Å². The van der Waals surface area contributed by atoms with Gasteiger partial charge >= 0.3 is 0 Å². The van der Waals surface area contributed by atoms with Crippen molar-refractivity contribution < 1.29 is 0 Å². The molecule has 28 heavy (non-hydrogen) atoms. The quantitative estimate of drug-likeness (QED) is 0.217. The number of hydrogen-bond donors (Lipinski definition) is 0. The van der Waals surface area contributed by atoms with E-state index in [1.54, 1.807) is 25.7 Å². The molecule has 0 spiro atoms. The fourth-order valence-corrected chi connectivity index (χ4v) is 8.95. The van der Waals surface area contributed by atoms with Crippen LogP contribution in [0.4, 0.5) is 0 Å². The summed E-state index contributed by atoms with van der Waals surface area (Å²) in [6.45, 7) is 8.88. The molecular formula is C27H47Br. The van der Waals surface area contributed by atoms with E-state index < -0.39 is 0 Å². The van der Waals surface area contributed by atoms with E-state index >= 15 is 0 Å². The lowest BCUT2D eigenvalue weighted by molar-refractivity contribution is -0.00771. The van der Waals surface area contributed by atoms with Gasteiger partial charge in [-0.1, -0.05) is 87.2 Å². The number of fused-ring (bicyclic) bond motifs is 3. The first-order chi connectivity index (χ1) is 13.7. The van der Waals surface area contributed by atoms with Gasteiger partial charge in [0.25, 0.3) is 0 Å². The second kappa shape index (κ2) is 11.0. The summed E-state index contributed by atoms with van der Waals surface area (Å²) in [7, 11) is 0. The summed E-state index contributed by atoms with van der Waals surface area (Å²) in [6.07, 6.45) is 25.6. The standard InChI is InChI=1S/C27H47Br/c1-4-7-14-21(6-3)27(20-12-15-22(28)13-5-2)25-18-10-8-16-23(25)24-17-9-11-19-26(24)27/h5,21-26H,2,4,6-20H2,1,3H3. The Bertz CT molecular complexity index is 447. The minimum atomic E-state index is 0.642. The number of unbranched alkanes of at least 4 members (excludes halogenated alkanes) is 1. The molecule has 1 heteroatoms. The molecule has 3 rings (SSSR count). The third-order valence-electron chi connectivity index (χ3n) is 9.28. The smallest absolute Gasteiger partial charge is 0.0180 e. The van der Waals surface area contributed by atoms with Gasteiger partial charge in [0.2, 0.25) is 0 Å². The van der Waals surface area contributed by atoms with E-state index in [1.165, 1.54) is 70.6 Å². The molecular weight excluding hydrogens is 404 g/mol. The lowest BCUT2D eigenvalue weighted by Crippen LogP contribution is -2.42. The Morgan fingerprint density at radius 3 is 2.07 bits per heavy atom. The van der Waals surface area contributed by atoms with Crippen LogP contribution < -0.4 is 0 Å². The summed E-state index contributed by atoms with van der Waals surface area (Å²) in [5, 5.41) is 0. The minimum absolute atomic E-state index is 0.642. The molecule has 6 atom stereocenters. The van der Waals surface area contributed by atoms with Crippen molar-refractivity contribution in [2.75, 3.05) is 0 Å². The van der Waals surface area contributed by atoms with Gasteiger partial charge in [-0.3, -0.25) is 0 Å². The number of halogens is 1. The molecule has 6 unspecified atom stereocenters. The van der Waals surface area contributed by atoms with Crippen LogP contribution in [0.2, 0.25) is 0 Å². The normalized spacial score (nSPS) is 37.1. The summed E-state index contributed by atoms with van der Waals surface area (Å²) in [6, 6.07) is 0. The van der Waals surface area contributed by atoms with E-state index in [9.17, 15) is 0 Å². The van der Waals surface area contributed by atoms with E-state index in [4.69, 9.17) is 0 Å². The summed E-state index contributed by atoms with van der Waals surface area (Å²) < 4.78 is 0. The SMILES string of the molecule is C=CCC(Br)CCCC1(C(CC)CCCC)C2CCCCC2C2CCCCC21. The van der Waals surface area contributed by atoms with E-state index in [-0.39, 0.29) is 0 Å². The molecule has 0 nitrogen and oxygen atoms in total. The maximum atomic E-state index is 3.95. The van der Waals surface area contributed by atoms with Gasteiger partial charge in [-0.2, -0.15) is 0 Å². The lowest BCUT2D eigenvalue weighted by atomic mass is 9.55. The molecule has 0 radical (unpaired) electrons. The van der Waals surface area contributed by atoms with Crippen molar-refractivity contribution in [2.45, 2.75) is 121 Å². The van der Waals surface area contributed by atoms with E-state index in [2.05, 4.69) is 42.4 Å². The van der Waals surface area contributed by atoms with Gasteiger partial charge in [0.05, 0.1) is 0 Å². The first kappa shape index (κ1) is 22.9. The first-order valence-corrected chi connectivity index (χ1v) is 13.9. The van der Waals surface area contributed by atoms with Crippen LogP contribution in [-0.4, -0.2) is 4.83 Å². The van der Waals surface area contributed by atoms with Crippen LogP contribution >= 0.6 is 15.9 Å². The van der Waals surface area contributed by atoms with Crippen LogP contribution in [0.3, 0.4) is 0 Å². The fourth-order valence-electron chi connectivity index (χ4n) is 8.37. The third kappa shape index (κ3) is 4.60. The number of hydrogen-bond acceptors (Lipinski definition) is 0. The van der Waals surface area contributed by atoms with Crippen molar-refractivity contribution in [2.24, 2.45) is 35.0 Å². The molecule has 0 amide bonds. The molecule has 3 aliphatic carbocycles. The first-order valence-electron chi connectivity index (χ1n) is 12.9. The highest BCUT2D eigenvalue weighted by Gasteiger charge is 2.61. The lowest BCUT2D eigenvalue weighted by Gasteiger charge is -2.50. The van der Waals surface area contributed by atoms with Gasteiger partial charge in [0, 0.05) is 4.83 Å². The second-order valence-electron chi connectivity index (χ2n) is 10.5. The predicted octanol–water partition coefficient (Wildman–Crippen LogP) is 9.33. The van der Waals surface area contributed by atoms with Crippen molar-refractivity contribution in [1.82, 2.24) is 0 Å². The maximum Gasteiger partial charge on any atom is 0.0180 e. The maximum absolute atomic E-state index is 3.95.